The second-order valence-corrected chi connectivity index (χ2v) is 4.87. The van der Waals surface area contributed by atoms with Gasteiger partial charge in [0.1, 0.15) is 11.5 Å². The first kappa shape index (κ1) is 14.9. The van der Waals surface area contributed by atoms with E-state index in [1.807, 2.05) is 31.2 Å². The van der Waals surface area contributed by atoms with Crippen LogP contribution in [0, 0.1) is 24.0 Å². The maximum Gasteiger partial charge on any atom is 0.290 e. The molecule has 0 aliphatic carbocycles. The molecule has 0 aliphatic rings. The predicted molar refractivity (Wildman–Crippen MR) is 80.3 cm³/mol. The number of nitro groups is 1. The zero-order chi connectivity index (χ0) is 15.4. The van der Waals surface area contributed by atoms with Gasteiger partial charge in [-0.15, -0.1) is 0 Å². The van der Waals surface area contributed by atoms with Crippen LogP contribution >= 0.6 is 0 Å². The number of nitrogens with one attached hydrogen (secondary N) is 1. The smallest absolute Gasteiger partial charge is 0.290 e. The molecule has 1 aromatic carbocycles. The van der Waals surface area contributed by atoms with Crippen molar-refractivity contribution in [3.63, 3.8) is 0 Å². The van der Waals surface area contributed by atoms with Gasteiger partial charge in [0.2, 0.25) is 0 Å². The molecule has 1 aromatic heterocycles. The predicted octanol–water partition coefficient (Wildman–Crippen LogP) is 2.75. The number of aliphatic hydroxyl groups excluding tert-OH is 1. The molecule has 0 bridgehead atoms. The van der Waals surface area contributed by atoms with Crippen molar-refractivity contribution in [1.82, 2.24) is 4.98 Å². The number of aliphatic hydroxyl groups is 1. The van der Waals surface area contributed by atoms with Crippen molar-refractivity contribution in [2.75, 3.05) is 11.9 Å². The first-order valence-corrected chi connectivity index (χ1v) is 6.58. The molecule has 0 fully saturated rings. The van der Waals surface area contributed by atoms with E-state index in [4.69, 9.17) is 0 Å². The summed E-state index contributed by atoms with van der Waals surface area (Å²) in [6, 6.07) is 10.6. The Bertz CT molecular complexity index is 658. The van der Waals surface area contributed by atoms with Gasteiger partial charge in [-0.25, -0.2) is 4.98 Å². The van der Waals surface area contributed by atoms with E-state index in [2.05, 4.69) is 10.3 Å². The molecule has 0 saturated carbocycles. The maximum atomic E-state index is 10.7. The molecule has 0 radical (unpaired) electrons. The van der Waals surface area contributed by atoms with Gasteiger partial charge in [0.05, 0.1) is 11.0 Å². The monoisotopic (exact) mass is 287 g/mol. The molecule has 0 amide bonds. The largest absolute Gasteiger partial charge is 0.387 e. The van der Waals surface area contributed by atoms with Crippen molar-refractivity contribution in [2.24, 2.45) is 0 Å². The maximum absolute atomic E-state index is 10.7. The number of hydrogen-bond acceptors (Lipinski definition) is 5. The SMILES string of the molecule is Cc1cccc(C(O)CNc2ccc([N+](=O)[O-])c(C)n2)c1. The topological polar surface area (TPSA) is 88.3 Å². The van der Waals surface area contributed by atoms with Crippen molar-refractivity contribution in [2.45, 2.75) is 20.0 Å². The quantitative estimate of drug-likeness (QED) is 0.652. The van der Waals surface area contributed by atoms with E-state index in [-0.39, 0.29) is 12.2 Å². The third-order valence-electron chi connectivity index (χ3n) is 3.16. The Labute approximate surface area is 122 Å². The molecule has 0 saturated heterocycles. The average molecular weight is 287 g/mol. The number of rotatable bonds is 5. The van der Waals surface area contributed by atoms with Gasteiger partial charge in [-0.05, 0) is 25.5 Å². The van der Waals surface area contributed by atoms with Crippen LogP contribution in [0.1, 0.15) is 22.9 Å². The summed E-state index contributed by atoms with van der Waals surface area (Å²) in [6.45, 7) is 3.83. The Kier molecular flexibility index (Phi) is 4.49. The van der Waals surface area contributed by atoms with Crippen LogP contribution in [0.25, 0.3) is 0 Å². The normalized spacial score (nSPS) is 12.0. The standard InChI is InChI=1S/C15H17N3O3/c1-10-4-3-5-12(8-10)14(19)9-16-15-7-6-13(18(20)21)11(2)17-15/h3-8,14,19H,9H2,1-2H3,(H,16,17). The molecule has 0 aliphatic heterocycles. The number of nitrogens with zero attached hydrogens (tertiary/aromatic N) is 2. The number of aromatic nitrogens is 1. The lowest BCUT2D eigenvalue weighted by atomic mass is 10.1. The second kappa shape index (κ2) is 6.32. The highest BCUT2D eigenvalue weighted by Gasteiger charge is 2.13. The minimum atomic E-state index is -0.665. The van der Waals surface area contributed by atoms with E-state index >= 15 is 0 Å². The molecule has 2 rings (SSSR count). The minimum Gasteiger partial charge on any atom is -0.387 e. The van der Waals surface area contributed by atoms with Gasteiger partial charge in [0.15, 0.2) is 0 Å². The van der Waals surface area contributed by atoms with Gasteiger partial charge in [-0.3, -0.25) is 10.1 Å². The van der Waals surface area contributed by atoms with E-state index < -0.39 is 11.0 Å². The molecule has 6 heteroatoms. The highest BCUT2D eigenvalue weighted by atomic mass is 16.6. The fourth-order valence-electron chi connectivity index (χ4n) is 2.04. The van der Waals surface area contributed by atoms with Gasteiger partial charge in [-0.1, -0.05) is 29.8 Å². The Morgan fingerprint density at radius 2 is 2.10 bits per heavy atom. The van der Waals surface area contributed by atoms with Crippen LogP contribution in [0.4, 0.5) is 11.5 Å². The number of pyridine rings is 1. The molecule has 1 atom stereocenters. The third kappa shape index (κ3) is 3.76. The van der Waals surface area contributed by atoms with Crippen molar-refractivity contribution < 1.29 is 10.0 Å². The molecular formula is C15H17N3O3. The van der Waals surface area contributed by atoms with E-state index in [0.29, 0.717) is 11.5 Å². The summed E-state index contributed by atoms with van der Waals surface area (Å²) < 4.78 is 0. The summed E-state index contributed by atoms with van der Waals surface area (Å²) in [5.74, 6) is 0.504. The summed E-state index contributed by atoms with van der Waals surface area (Å²) in [6.07, 6.45) is -0.665. The first-order valence-electron chi connectivity index (χ1n) is 6.58. The molecule has 2 aromatic rings. The van der Waals surface area contributed by atoms with Gasteiger partial charge in [-0.2, -0.15) is 0 Å². The van der Waals surface area contributed by atoms with Crippen molar-refractivity contribution in [3.05, 3.63) is 63.3 Å². The van der Waals surface area contributed by atoms with E-state index in [1.54, 1.807) is 6.92 Å². The van der Waals surface area contributed by atoms with E-state index in [1.165, 1.54) is 12.1 Å². The molecule has 110 valence electrons. The number of anilines is 1. The zero-order valence-electron chi connectivity index (χ0n) is 11.9. The Balaban J connectivity index is 2.03. The fourth-order valence-corrected chi connectivity index (χ4v) is 2.04. The average Bonchev–Trinajstić information content (AvgIpc) is 2.44. The van der Waals surface area contributed by atoms with Crippen LogP contribution in [0.3, 0.4) is 0 Å². The summed E-state index contributed by atoms with van der Waals surface area (Å²) >= 11 is 0. The van der Waals surface area contributed by atoms with Crippen molar-refractivity contribution >= 4 is 11.5 Å². The van der Waals surface area contributed by atoms with Gasteiger partial charge < -0.3 is 10.4 Å². The highest BCUT2D eigenvalue weighted by molar-refractivity contribution is 5.45. The summed E-state index contributed by atoms with van der Waals surface area (Å²) in [5.41, 5.74) is 2.23. The molecule has 0 spiro atoms. The molecular weight excluding hydrogens is 270 g/mol. The van der Waals surface area contributed by atoms with Crippen LogP contribution < -0.4 is 5.32 Å². The molecule has 6 nitrogen and oxygen atoms in total. The van der Waals surface area contributed by atoms with Crippen LogP contribution in [-0.4, -0.2) is 21.6 Å². The second-order valence-electron chi connectivity index (χ2n) is 4.87. The van der Waals surface area contributed by atoms with Gasteiger partial charge in [0.25, 0.3) is 5.69 Å². The van der Waals surface area contributed by atoms with E-state index in [0.717, 1.165) is 11.1 Å². The molecule has 21 heavy (non-hydrogen) atoms. The lowest BCUT2D eigenvalue weighted by Crippen LogP contribution is -2.13. The Morgan fingerprint density at radius 1 is 1.33 bits per heavy atom. The Morgan fingerprint density at radius 3 is 2.71 bits per heavy atom. The molecule has 1 heterocycles. The zero-order valence-corrected chi connectivity index (χ0v) is 11.9. The van der Waals surface area contributed by atoms with Crippen LogP contribution in [0.5, 0.6) is 0 Å². The van der Waals surface area contributed by atoms with Crippen LogP contribution in [0.15, 0.2) is 36.4 Å². The Hall–Kier alpha value is -2.47. The van der Waals surface area contributed by atoms with Crippen LogP contribution in [-0.2, 0) is 0 Å². The molecule has 1 unspecified atom stereocenters. The molecule has 2 N–H and O–H groups in total. The minimum absolute atomic E-state index is 0.0141. The summed E-state index contributed by atoms with van der Waals surface area (Å²) in [5, 5.41) is 23.8. The fraction of sp³-hybridized carbons (Fsp3) is 0.267. The van der Waals surface area contributed by atoms with E-state index in [9.17, 15) is 15.2 Å². The summed E-state index contributed by atoms with van der Waals surface area (Å²) in [4.78, 5) is 14.4. The third-order valence-corrected chi connectivity index (χ3v) is 3.16. The van der Waals surface area contributed by atoms with Crippen molar-refractivity contribution in [3.8, 4) is 0 Å². The summed E-state index contributed by atoms with van der Waals surface area (Å²) in [7, 11) is 0. The lowest BCUT2D eigenvalue weighted by molar-refractivity contribution is -0.385. The number of hydrogen-bond donors (Lipinski definition) is 2. The van der Waals surface area contributed by atoms with Crippen LogP contribution in [0.2, 0.25) is 0 Å². The highest BCUT2D eigenvalue weighted by Crippen LogP contribution is 2.19. The number of aryl methyl sites for hydroxylation is 2. The van der Waals surface area contributed by atoms with Gasteiger partial charge in [0, 0.05) is 12.6 Å². The van der Waals surface area contributed by atoms with Gasteiger partial charge >= 0.3 is 0 Å². The number of benzene rings is 1. The van der Waals surface area contributed by atoms with Crippen molar-refractivity contribution in [1.29, 1.82) is 0 Å². The lowest BCUT2D eigenvalue weighted by Gasteiger charge is -2.13. The first-order chi connectivity index (χ1) is 9.97.